The lowest BCUT2D eigenvalue weighted by Gasteiger charge is -2.33. The molecule has 4 nitrogen and oxygen atoms in total. The monoisotopic (exact) mass is 367 g/mol. The van der Waals surface area contributed by atoms with Gasteiger partial charge in [-0.3, -0.25) is 0 Å². The smallest absolute Gasteiger partial charge is 0.335 e. The molecule has 1 aliphatic carbocycles. The second-order valence-corrected chi connectivity index (χ2v) is 7.47. The molecule has 0 bridgehead atoms. The molecule has 0 saturated heterocycles. The zero-order valence-corrected chi connectivity index (χ0v) is 15.4. The van der Waals surface area contributed by atoms with Gasteiger partial charge >= 0.3 is 5.97 Å². The number of benzene rings is 2. The molecule has 3 rings (SSSR count). The summed E-state index contributed by atoms with van der Waals surface area (Å²) in [5.74, 6) is -1.83. The molecule has 5 heteroatoms. The first-order valence-electron chi connectivity index (χ1n) is 8.88. The van der Waals surface area contributed by atoms with Gasteiger partial charge in [0, 0.05) is 11.1 Å². The van der Waals surface area contributed by atoms with Gasteiger partial charge < -0.3 is 10.3 Å². The average molecular weight is 367 g/mol. The molecule has 0 radical (unpaired) electrons. The number of aromatic carboxylic acids is 1. The Hall–Kier alpha value is -2.95. The number of carboxylic acids is 1. The summed E-state index contributed by atoms with van der Waals surface area (Å²) in [7, 11) is 0. The Morgan fingerprint density at radius 1 is 1.19 bits per heavy atom. The molecule has 1 aliphatic rings. The van der Waals surface area contributed by atoms with Crippen LogP contribution in [-0.4, -0.2) is 22.0 Å². The van der Waals surface area contributed by atoms with E-state index in [0.717, 1.165) is 30.9 Å². The van der Waals surface area contributed by atoms with Gasteiger partial charge in [0.05, 0.1) is 5.56 Å². The number of oxime groups is 1. The quantitative estimate of drug-likeness (QED) is 0.452. The summed E-state index contributed by atoms with van der Waals surface area (Å²) in [4.78, 5) is 10.9. The SMILES string of the molecule is CC1(C)CCCc2ccc(C(/C=C/c3ccc(C(=O)O)cc3F)=N\O)cc21. The highest BCUT2D eigenvalue weighted by molar-refractivity contribution is 6.10. The molecular formula is C22H22FNO3. The minimum atomic E-state index is -1.18. The molecule has 2 aromatic rings. The summed E-state index contributed by atoms with van der Waals surface area (Å²) in [6.45, 7) is 4.42. The van der Waals surface area contributed by atoms with Gasteiger partial charge in [-0.25, -0.2) is 9.18 Å². The lowest BCUT2D eigenvalue weighted by atomic mass is 9.72. The second-order valence-electron chi connectivity index (χ2n) is 7.47. The van der Waals surface area contributed by atoms with E-state index in [1.165, 1.54) is 35.4 Å². The van der Waals surface area contributed by atoms with Crippen molar-refractivity contribution in [2.24, 2.45) is 5.16 Å². The standard InChI is InChI=1S/C22H22FNO3/c1-22(2)11-3-4-14-5-7-16(12-18(14)22)20(24-27)10-9-15-6-8-17(21(25)26)13-19(15)23/h5-10,12-13,27H,3-4,11H2,1-2H3,(H,25,26)/b10-9+,24-20-. The van der Waals surface area contributed by atoms with Crippen LogP contribution in [0.25, 0.3) is 6.08 Å². The first kappa shape index (κ1) is 18.8. The fraction of sp³-hybridized carbons (Fsp3) is 0.273. The third kappa shape index (κ3) is 3.92. The molecule has 2 N–H and O–H groups in total. The normalized spacial score (nSPS) is 16.3. The Morgan fingerprint density at radius 3 is 2.59 bits per heavy atom. The van der Waals surface area contributed by atoms with E-state index < -0.39 is 11.8 Å². The van der Waals surface area contributed by atoms with Crippen LogP contribution in [0, 0.1) is 5.82 Å². The number of rotatable bonds is 4. The van der Waals surface area contributed by atoms with E-state index in [1.54, 1.807) is 0 Å². The average Bonchev–Trinajstić information content (AvgIpc) is 2.63. The molecule has 0 unspecified atom stereocenters. The minimum Gasteiger partial charge on any atom is -0.478 e. The molecule has 0 heterocycles. The Bertz CT molecular complexity index is 945. The van der Waals surface area contributed by atoms with Gasteiger partial charge in [0.2, 0.25) is 0 Å². The van der Waals surface area contributed by atoms with Crippen LogP contribution in [0.5, 0.6) is 0 Å². The van der Waals surface area contributed by atoms with Crippen molar-refractivity contribution in [3.8, 4) is 0 Å². The van der Waals surface area contributed by atoms with Gasteiger partial charge in [0.15, 0.2) is 0 Å². The van der Waals surface area contributed by atoms with Crippen molar-refractivity contribution in [2.75, 3.05) is 0 Å². The number of carboxylic acid groups (broad SMARTS) is 1. The number of hydrogen-bond donors (Lipinski definition) is 2. The van der Waals surface area contributed by atoms with Gasteiger partial charge in [0.25, 0.3) is 0 Å². The molecule has 0 atom stereocenters. The topological polar surface area (TPSA) is 69.9 Å². The Balaban J connectivity index is 1.91. The van der Waals surface area contributed by atoms with Crippen LogP contribution in [0.15, 0.2) is 47.6 Å². The predicted octanol–water partition coefficient (Wildman–Crippen LogP) is 5.03. The molecule has 2 aromatic carbocycles. The van der Waals surface area contributed by atoms with E-state index in [4.69, 9.17) is 5.11 Å². The highest BCUT2D eigenvalue weighted by Gasteiger charge is 2.27. The number of allylic oxidation sites excluding steroid dienone is 1. The zero-order valence-electron chi connectivity index (χ0n) is 15.4. The van der Waals surface area contributed by atoms with E-state index in [0.29, 0.717) is 5.71 Å². The van der Waals surface area contributed by atoms with Crippen molar-refractivity contribution in [1.82, 2.24) is 0 Å². The third-order valence-electron chi connectivity index (χ3n) is 5.16. The van der Waals surface area contributed by atoms with Crippen molar-refractivity contribution < 1.29 is 19.5 Å². The number of carbonyl (C=O) groups is 1. The number of halogens is 1. The lowest BCUT2D eigenvalue weighted by Crippen LogP contribution is -2.24. The summed E-state index contributed by atoms with van der Waals surface area (Å²) < 4.78 is 14.1. The molecule has 0 saturated carbocycles. The fourth-order valence-corrected chi connectivity index (χ4v) is 3.59. The number of fused-ring (bicyclic) bond motifs is 1. The fourth-order valence-electron chi connectivity index (χ4n) is 3.59. The van der Waals surface area contributed by atoms with Crippen LogP contribution in [0.2, 0.25) is 0 Å². The first-order valence-corrected chi connectivity index (χ1v) is 8.88. The highest BCUT2D eigenvalue weighted by atomic mass is 19.1. The maximum atomic E-state index is 14.1. The third-order valence-corrected chi connectivity index (χ3v) is 5.16. The van der Waals surface area contributed by atoms with Crippen LogP contribution in [0.3, 0.4) is 0 Å². The molecular weight excluding hydrogens is 345 g/mol. The number of aryl methyl sites for hydroxylation is 1. The molecule has 0 fully saturated rings. The largest absolute Gasteiger partial charge is 0.478 e. The Labute approximate surface area is 157 Å². The maximum Gasteiger partial charge on any atom is 0.335 e. The highest BCUT2D eigenvalue weighted by Crippen LogP contribution is 2.37. The maximum absolute atomic E-state index is 14.1. The van der Waals surface area contributed by atoms with Crippen LogP contribution in [-0.2, 0) is 11.8 Å². The molecule has 0 aromatic heterocycles. The first-order chi connectivity index (χ1) is 12.8. The van der Waals surface area contributed by atoms with E-state index in [9.17, 15) is 14.4 Å². The Morgan fingerprint density at radius 2 is 1.93 bits per heavy atom. The molecule has 0 aliphatic heterocycles. The lowest BCUT2D eigenvalue weighted by molar-refractivity contribution is 0.0696. The molecule has 27 heavy (non-hydrogen) atoms. The van der Waals surface area contributed by atoms with E-state index >= 15 is 0 Å². The van der Waals surface area contributed by atoms with Crippen molar-refractivity contribution in [2.45, 2.75) is 38.5 Å². The van der Waals surface area contributed by atoms with Gasteiger partial charge in [-0.2, -0.15) is 0 Å². The minimum absolute atomic E-state index is 0.0621. The molecule has 0 spiro atoms. The van der Waals surface area contributed by atoms with Crippen LogP contribution in [0.1, 0.15) is 59.3 Å². The van der Waals surface area contributed by atoms with Gasteiger partial charge in [-0.1, -0.05) is 37.2 Å². The van der Waals surface area contributed by atoms with Crippen LogP contribution in [0.4, 0.5) is 4.39 Å². The van der Waals surface area contributed by atoms with Gasteiger partial charge in [-0.15, -0.1) is 0 Å². The van der Waals surface area contributed by atoms with Crippen molar-refractivity contribution >= 4 is 17.8 Å². The van der Waals surface area contributed by atoms with E-state index in [1.807, 2.05) is 12.1 Å². The summed E-state index contributed by atoms with van der Waals surface area (Å²) >= 11 is 0. The van der Waals surface area contributed by atoms with Gasteiger partial charge in [-0.05, 0) is 66.2 Å². The summed E-state index contributed by atoms with van der Waals surface area (Å²) in [5.41, 5.74) is 3.81. The number of hydrogen-bond acceptors (Lipinski definition) is 3. The van der Waals surface area contributed by atoms with Gasteiger partial charge in [0.1, 0.15) is 11.5 Å². The van der Waals surface area contributed by atoms with E-state index in [-0.39, 0.29) is 16.5 Å². The number of nitrogens with zero attached hydrogens (tertiary/aromatic N) is 1. The predicted molar refractivity (Wildman–Crippen MR) is 103 cm³/mol. The van der Waals surface area contributed by atoms with Crippen molar-refractivity contribution in [1.29, 1.82) is 0 Å². The molecule has 0 amide bonds. The van der Waals surface area contributed by atoms with Crippen LogP contribution < -0.4 is 0 Å². The Kier molecular flexibility index (Phi) is 5.13. The zero-order chi connectivity index (χ0) is 19.6. The van der Waals surface area contributed by atoms with Crippen molar-refractivity contribution in [3.63, 3.8) is 0 Å². The second kappa shape index (κ2) is 7.35. The summed E-state index contributed by atoms with van der Waals surface area (Å²) in [6, 6.07) is 9.70. The van der Waals surface area contributed by atoms with E-state index in [2.05, 4.69) is 25.1 Å². The summed E-state index contributed by atoms with van der Waals surface area (Å²) in [6.07, 6.45) is 6.30. The van der Waals surface area contributed by atoms with Crippen LogP contribution >= 0.6 is 0 Å². The van der Waals surface area contributed by atoms with Crippen molar-refractivity contribution in [3.05, 3.63) is 76.1 Å². The summed E-state index contributed by atoms with van der Waals surface area (Å²) in [5, 5.41) is 21.7. The molecule has 140 valence electrons.